The Bertz CT molecular complexity index is 1190. The monoisotopic (exact) mass is 552 g/mol. The van der Waals surface area contributed by atoms with E-state index in [0.717, 1.165) is 29.7 Å². The van der Waals surface area contributed by atoms with Crippen molar-refractivity contribution in [2.24, 2.45) is 0 Å². The van der Waals surface area contributed by atoms with E-state index < -0.39 is 23.2 Å². The number of piperidine rings is 1. The van der Waals surface area contributed by atoms with Crippen LogP contribution in [0, 0.1) is 6.92 Å². The van der Waals surface area contributed by atoms with Gasteiger partial charge in [-0.2, -0.15) is 13.2 Å². The summed E-state index contributed by atoms with van der Waals surface area (Å²) in [5.74, 6) is -1.50. The van der Waals surface area contributed by atoms with Crippen molar-refractivity contribution in [2.75, 3.05) is 45.6 Å². The fourth-order valence-electron chi connectivity index (χ4n) is 5.10. The average Bonchev–Trinajstić information content (AvgIpc) is 2.84. The Morgan fingerprint density at radius 3 is 2.29 bits per heavy atom. The van der Waals surface area contributed by atoms with Crippen molar-refractivity contribution in [3.63, 3.8) is 0 Å². The molecule has 206 valence electrons. The smallest absolute Gasteiger partial charge is 0.380 e. The number of nitrogens with zero attached hydrogens (tertiary/aromatic N) is 3. The number of aryl methyl sites for hydroxylation is 1. The molecule has 2 aromatic carbocycles. The lowest BCUT2D eigenvalue weighted by molar-refractivity contribution is -0.262. The first kappa shape index (κ1) is 28.2. The first-order valence-electron chi connectivity index (χ1n) is 12.5. The van der Waals surface area contributed by atoms with E-state index in [-0.39, 0.29) is 31.1 Å². The second-order valence-electron chi connectivity index (χ2n) is 10.3. The molecule has 2 aromatic rings. The van der Waals surface area contributed by atoms with E-state index in [1.54, 1.807) is 39.2 Å². The number of likely N-dealkylation sites (tertiary alicyclic amines) is 2. The van der Waals surface area contributed by atoms with Crippen LogP contribution in [0.3, 0.4) is 0 Å². The zero-order valence-electron chi connectivity index (χ0n) is 21.6. The zero-order chi connectivity index (χ0) is 27.8. The summed E-state index contributed by atoms with van der Waals surface area (Å²) in [5, 5.41) is 14.5. The number of rotatable bonds is 6. The van der Waals surface area contributed by atoms with Gasteiger partial charge in [0.2, 0.25) is 0 Å². The number of alkyl halides is 3. The minimum absolute atomic E-state index is 0.138. The number of amides is 2. The summed E-state index contributed by atoms with van der Waals surface area (Å²) in [5.41, 5.74) is -2.28. The number of halogens is 4. The van der Waals surface area contributed by atoms with Crippen LogP contribution in [0.25, 0.3) is 0 Å². The molecule has 2 heterocycles. The third-order valence-electron chi connectivity index (χ3n) is 7.31. The molecule has 0 aliphatic carbocycles. The van der Waals surface area contributed by atoms with Crippen molar-refractivity contribution < 1.29 is 27.9 Å². The molecule has 38 heavy (non-hydrogen) atoms. The average molecular weight is 553 g/mol. The molecule has 0 aromatic heterocycles. The van der Waals surface area contributed by atoms with Gasteiger partial charge in [0.1, 0.15) is 0 Å². The van der Waals surface area contributed by atoms with Gasteiger partial charge in [0, 0.05) is 57.6 Å². The molecule has 2 aliphatic heterocycles. The fourth-order valence-corrected chi connectivity index (χ4v) is 5.36. The van der Waals surface area contributed by atoms with Gasteiger partial charge in [0.15, 0.2) is 0 Å². The lowest BCUT2D eigenvalue weighted by Crippen LogP contribution is -2.62. The Morgan fingerprint density at radius 2 is 1.74 bits per heavy atom. The zero-order valence-corrected chi connectivity index (χ0v) is 22.3. The van der Waals surface area contributed by atoms with Gasteiger partial charge in [-0.15, -0.1) is 0 Å². The largest absolute Gasteiger partial charge is 0.430 e. The Balaban J connectivity index is 1.32. The highest BCUT2D eigenvalue weighted by Crippen LogP contribution is 2.41. The van der Waals surface area contributed by atoms with Crippen molar-refractivity contribution >= 4 is 29.1 Å². The second kappa shape index (κ2) is 10.7. The van der Waals surface area contributed by atoms with Gasteiger partial charge in [0.25, 0.3) is 17.4 Å². The number of carbonyl (C=O) groups is 2. The summed E-state index contributed by atoms with van der Waals surface area (Å²) < 4.78 is 42.0. The van der Waals surface area contributed by atoms with E-state index in [0.29, 0.717) is 29.0 Å². The molecule has 0 saturated carbocycles. The van der Waals surface area contributed by atoms with Gasteiger partial charge >= 0.3 is 6.18 Å². The van der Waals surface area contributed by atoms with Gasteiger partial charge < -0.3 is 20.2 Å². The quantitative estimate of drug-likeness (QED) is 0.569. The van der Waals surface area contributed by atoms with E-state index >= 15 is 0 Å². The van der Waals surface area contributed by atoms with E-state index in [2.05, 4.69) is 10.2 Å². The maximum atomic E-state index is 14.0. The summed E-state index contributed by atoms with van der Waals surface area (Å²) in [7, 11) is 3.32. The molecule has 7 nitrogen and oxygen atoms in total. The number of carbonyl (C=O) groups excluding carboxylic acids is 2. The third kappa shape index (κ3) is 5.48. The molecule has 0 radical (unpaired) electrons. The van der Waals surface area contributed by atoms with Crippen LogP contribution in [0.2, 0.25) is 5.02 Å². The molecule has 2 aliphatic rings. The number of aliphatic hydroxyl groups is 1. The van der Waals surface area contributed by atoms with Crippen LogP contribution in [0.1, 0.15) is 34.3 Å². The third-order valence-corrected chi connectivity index (χ3v) is 7.62. The number of nitrogens with one attached hydrogen (secondary N) is 1. The second-order valence-corrected chi connectivity index (χ2v) is 10.7. The topological polar surface area (TPSA) is 76.1 Å². The van der Waals surface area contributed by atoms with Crippen LogP contribution in [-0.4, -0.2) is 90.2 Å². The van der Waals surface area contributed by atoms with Crippen LogP contribution >= 0.6 is 11.6 Å². The van der Waals surface area contributed by atoms with Gasteiger partial charge in [0.05, 0.1) is 16.6 Å². The molecule has 2 N–H and O–H groups in total. The number of hydrogen-bond donors (Lipinski definition) is 2. The number of hydrogen-bond acceptors (Lipinski definition) is 5. The van der Waals surface area contributed by atoms with Crippen molar-refractivity contribution in [2.45, 2.75) is 43.6 Å². The Labute approximate surface area is 225 Å². The van der Waals surface area contributed by atoms with Crippen molar-refractivity contribution in [3.05, 3.63) is 64.2 Å². The highest BCUT2D eigenvalue weighted by molar-refractivity contribution is 6.34. The molecule has 2 saturated heterocycles. The highest BCUT2D eigenvalue weighted by atomic mass is 35.5. The predicted octanol–water partition coefficient (Wildman–Crippen LogP) is 3.89. The Hall–Kier alpha value is -2.82. The number of anilines is 1. The molecular weight excluding hydrogens is 521 g/mol. The molecule has 1 unspecified atom stereocenters. The normalized spacial score (nSPS) is 19.0. The number of benzene rings is 2. The lowest BCUT2D eigenvalue weighted by atomic mass is 9.89. The Kier molecular flexibility index (Phi) is 7.97. The van der Waals surface area contributed by atoms with E-state index in [1.165, 1.54) is 17.0 Å². The van der Waals surface area contributed by atoms with Crippen LogP contribution in [0.5, 0.6) is 0 Å². The summed E-state index contributed by atoms with van der Waals surface area (Å²) >= 11 is 6.29. The predicted molar refractivity (Wildman–Crippen MR) is 139 cm³/mol. The maximum Gasteiger partial charge on any atom is 0.430 e. The standard InChI is InChI=1S/C27H32ClF3N4O3/c1-17-5-4-6-18(13-17)26(38,27(29,30)31)25(37)34-11-9-21(10-12-34)35-15-20(16-35)32-19-7-8-22(23(28)14-19)24(36)33(2)3/h4-8,13-14,20-21,32,38H,9-12,15-16H2,1-3H3. The molecule has 2 amide bonds. The fraction of sp³-hybridized carbons (Fsp3) is 0.481. The molecule has 11 heteroatoms. The van der Waals surface area contributed by atoms with Crippen molar-refractivity contribution in [1.82, 2.24) is 14.7 Å². The molecule has 2 fully saturated rings. The van der Waals surface area contributed by atoms with E-state index in [9.17, 15) is 27.9 Å². The summed E-state index contributed by atoms with van der Waals surface area (Å²) in [6.45, 7) is 3.37. The van der Waals surface area contributed by atoms with Crippen LogP contribution in [0.4, 0.5) is 18.9 Å². The highest BCUT2D eigenvalue weighted by Gasteiger charge is 2.62. The first-order valence-corrected chi connectivity index (χ1v) is 12.9. The molecule has 4 rings (SSSR count). The van der Waals surface area contributed by atoms with Crippen molar-refractivity contribution in [3.8, 4) is 0 Å². The maximum absolute atomic E-state index is 14.0. The van der Waals surface area contributed by atoms with Gasteiger partial charge in [-0.3, -0.25) is 14.5 Å². The lowest BCUT2D eigenvalue weighted by Gasteiger charge is -2.48. The van der Waals surface area contributed by atoms with Gasteiger partial charge in [-0.1, -0.05) is 41.4 Å². The molecular formula is C27H32ClF3N4O3. The Morgan fingerprint density at radius 1 is 1.08 bits per heavy atom. The molecule has 0 spiro atoms. The van der Waals surface area contributed by atoms with Gasteiger partial charge in [-0.05, 0) is 38.0 Å². The van der Waals surface area contributed by atoms with Crippen LogP contribution < -0.4 is 5.32 Å². The summed E-state index contributed by atoms with van der Waals surface area (Å²) in [6.07, 6.45) is -4.10. The van der Waals surface area contributed by atoms with Crippen molar-refractivity contribution in [1.29, 1.82) is 0 Å². The van der Waals surface area contributed by atoms with E-state index in [4.69, 9.17) is 11.6 Å². The summed E-state index contributed by atoms with van der Waals surface area (Å²) in [4.78, 5) is 30.0. The minimum Gasteiger partial charge on any atom is -0.380 e. The van der Waals surface area contributed by atoms with E-state index in [1.807, 2.05) is 6.07 Å². The van der Waals surface area contributed by atoms with Crippen LogP contribution in [-0.2, 0) is 10.4 Å². The van der Waals surface area contributed by atoms with Crippen LogP contribution in [0.15, 0.2) is 42.5 Å². The van der Waals surface area contributed by atoms with Gasteiger partial charge in [-0.25, -0.2) is 0 Å². The minimum atomic E-state index is -5.15. The SMILES string of the molecule is Cc1cccc(C(O)(C(=O)N2CCC(N3CC(Nc4ccc(C(=O)N(C)C)c(Cl)c4)C3)CC2)C(F)(F)F)c1. The molecule has 1 atom stereocenters. The first-order chi connectivity index (χ1) is 17.8. The molecule has 0 bridgehead atoms. The summed E-state index contributed by atoms with van der Waals surface area (Å²) in [6, 6.07) is 10.9.